The van der Waals surface area contributed by atoms with Gasteiger partial charge < -0.3 is 19.1 Å². The van der Waals surface area contributed by atoms with E-state index < -0.39 is 22.7 Å². The van der Waals surface area contributed by atoms with E-state index in [1.54, 1.807) is 4.90 Å². The highest BCUT2D eigenvalue weighted by atomic mass is 16.6. The number of rotatable bonds is 6. The van der Waals surface area contributed by atoms with Crippen LogP contribution >= 0.6 is 0 Å². The predicted octanol–water partition coefficient (Wildman–Crippen LogP) is 2.95. The minimum Gasteiger partial charge on any atom is -0.493 e. The Morgan fingerprint density at radius 2 is 1.68 bits per heavy atom. The van der Waals surface area contributed by atoms with Crippen molar-refractivity contribution in [1.29, 1.82) is 0 Å². The van der Waals surface area contributed by atoms with Crippen LogP contribution in [0.5, 0.6) is 11.5 Å². The molecular weight excluding hydrogens is 368 g/mol. The first-order chi connectivity index (χ1) is 13.2. The smallest absolute Gasteiger partial charge is 0.346 e. The summed E-state index contributed by atoms with van der Waals surface area (Å²) in [4.78, 5) is 37.8. The summed E-state index contributed by atoms with van der Waals surface area (Å²) in [5.74, 6) is -1.01. The number of nitro groups is 1. The van der Waals surface area contributed by atoms with Crippen LogP contribution in [0.2, 0.25) is 0 Å². The summed E-state index contributed by atoms with van der Waals surface area (Å²) in [7, 11) is 2.69. The second-order valence-electron chi connectivity index (χ2n) is 6.90. The van der Waals surface area contributed by atoms with Gasteiger partial charge in [-0.2, -0.15) is 0 Å². The Balaban J connectivity index is 2.26. The number of ether oxygens (including phenoxy) is 3. The van der Waals surface area contributed by atoms with Crippen LogP contribution in [0, 0.1) is 10.1 Å². The monoisotopic (exact) mass is 394 g/mol. The van der Waals surface area contributed by atoms with E-state index in [1.807, 2.05) is 13.8 Å². The summed E-state index contributed by atoms with van der Waals surface area (Å²) in [6, 6.07) is 2.37. The van der Waals surface area contributed by atoms with E-state index in [2.05, 4.69) is 0 Å². The van der Waals surface area contributed by atoms with Crippen molar-refractivity contribution in [3.63, 3.8) is 0 Å². The van der Waals surface area contributed by atoms with Crippen molar-refractivity contribution in [2.45, 2.75) is 58.2 Å². The lowest BCUT2D eigenvalue weighted by Crippen LogP contribution is -2.51. The fraction of sp³-hybridized carbons (Fsp3) is 0.579. The van der Waals surface area contributed by atoms with Gasteiger partial charge in [-0.3, -0.25) is 14.9 Å². The first kappa shape index (κ1) is 21.5. The van der Waals surface area contributed by atoms with E-state index in [1.165, 1.54) is 27.2 Å². The van der Waals surface area contributed by atoms with E-state index >= 15 is 0 Å². The highest BCUT2D eigenvalue weighted by molar-refractivity contribution is 5.96. The Hall–Kier alpha value is -2.84. The number of hydrogen-bond donors (Lipinski definition) is 0. The summed E-state index contributed by atoms with van der Waals surface area (Å²) in [5, 5.41) is 11.4. The SMILES string of the molecule is COc1cc(C(=O)O[C@H](C)C(=O)N2[C@H](C)CCC[C@@H]2C)c([N+](=O)[O-])cc1OC. The van der Waals surface area contributed by atoms with Crippen LogP contribution in [0.3, 0.4) is 0 Å². The molecular formula is C19H26N2O7. The fourth-order valence-electron chi connectivity index (χ4n) is 3.52. The Labute approximate surface area is 163 Å². The van der Waals surface area contributed by atoms with Gasteiger partial charge in [0.15, 0.2) is 17.6 Å². The summed E-state index contributed by atoms with van der Waals surface area (Å²) < 4.78 is 15.4. The number of carbonyl (C=O) groups is 2. The van der Waals surface area contributed by atoms with Crippen LogP contribution in [-0.4, -0.2) is 54.1 Å². The normalized spacial score (nSPS) is 20.2. The molecule has 1 heterocycles. The fourth-order valence-corrected chi connectivity index (χ4v) is 3.52. The molecule has 0 N–H and O–H groups in total. The second kappa shape index (κ2) is 8.90. The topological polar surface area (TPSA) is 108 Å². The summed E-state index contributed by atoms with van der Waals surface area (Å²) in [6.45, 7) is 5.39. The highest BCUT2D eigenvalue weighted by Gasteiger charge is 2.34. The van der Waals surface area contributed by atoms with Crippen LogP contribution < -0.4 is 9.47 Å². The summed E-state index contributed by atoms with van der Waals surface area (Å²) >= 11 is 0. The molecule has 0 saturated carbocycles. The lowest BCUT2D eigenvalue weighted by Gasteiger charge is -2.40. The van der Waals surface area contributed by atoms with Crippen LogP contribution in [0.4, 0.5) is 5.69 Å². The molecule has 1 aromatic carbocycles. The first-order valence-corrected chi connectivity index (χ1v) is 9.14. The maximum absolute atomic E-state index is 12.8. The van der Waals surface area contributed by atoms with Crippen molar-refractivity contribution in [2.75, 3.05) is 14.2 Å². The van der Waals surface area contributed by atoms with Crippen molar-refractivity contribution in [1.82, 2.24) is 4.90 Å². The molecule has 0 bridgehead atoms. The number of nitrogens with zero attached hydrogens (tertiary/aromatic N) is 2. The van der Waals surface area contributed by atoms with Gasteiger partial charge in [-0.15, -0.1) is 0 Å². The largest absolute Gasteiger partial charge is 0.493 e. The van der Waals surface area contributed by atoms with Crippen molar-refractivity contribution < 1.29 is 28.7 Å². The van der Waals surface area contributed by atoms with Gasteiger partial charge in [-0.1, -0.05) is 0 Å². The maximum atomic E-state index is 12.8. The van der Waals surface area contributed by atoms with Gasteiger partial charge in [-0.25, -0.2) is 4.79 Å². The number of nitro benzene ring substituents is 1. The van der Waals surface area contributed by atoms with Crippen LogP contribution in [-0.2, 0) is 9.53 Å². The zero-order valence-corrected chi connectivity index (χ0v) is 16.8. The third kappa shape index (κ3) is 4.35. The number of amides is 1. The summed E-state index contributed by atoms with van der Waals surface area (Å²) in [6.07, 6.45) is 1.75. The third-order valence-corrected chi connectivity index (χ3v) is 5.00. The molecule has 0 radical (unpaired) electrons. The predicted molar refractivity (Wildman–Crippen MR) is 101 cm³/mol. The molecule has 1 aliphatic rings. The number of esters is 1. The van der Waals surface area contributed by atoms with E-state index in [4.69, 9.17) is 14.2 Å². The number of benzene rings is 1. The Morgan fingerprint density at radius 1 is 1.14 bits per heavy atom. The Bertz CT molecular complexity index is 755. The molecule has 0 aromatic heterocycles. The number of carbonyl (C=O) groups excluding carboxylic acids is 2. The van der Waals surface area contributed by atoms with Crippen molar-refractivity contribution in [3.05, 3.63) is 27.8 Å². The first-order valence-electron chi connectivity index (χ1n) is 9.14. The molecule has 1 aromatic rings. The number of likely N-dealkylation sites (tertiary alicyclic amines) is 1. The molecule has 154 valence electrons. The average Bonchev–Trinajstić information content (AvgIpc) is 2.66. The minimum absolute atomic E-state index is 0.0489. The highest BCUT2D eigenvalue weighted by Crippen LogP contribution is 2.35. The van der Waals surface area contributed by atoms with Gasteiger partial charge in [0, 0.05) is 18.2 Å². The van der Waals surface area contributed by atoms with E-state index in [9.17, 15) is 19.7 Å². The lowest BCUT2D eigenvalue weighted by molar-refractivity contribution is -0.385. The van der Waals surface area contributed by atoms with Crippen LogP contribution in [0.1, 0.15) is 50.4 Å². The molecule has 0 unspecified atom stereocenters. The quantitative estimate of drug-likeness (QED) is 0.414. The molecule has 2 rings (SSSR count). The lowest BCUT2D eigenvalue weighted by atomic mass is 9.97. The Morgan fingerprint density at radius 3 is 2.18 bits per heavy atom. The molecule has 9 nitrogen and oxygen atoms in total. The number of hydrogen-bond acceptors (Lipinski definition) is 7. The third-order valence-electron chi connectivity index (χ3n) is 5.00. The Kier molecular flexibility index (Phi) is 6.82. The summed E-state index contributed by atoms with van der Waals surface area (Å²) in [5.41, 5.74) is -0.788. The van der Waals surface area contributed by atoms with Gasteiger partial charge in [0.2, 0.25) is 0 Å². The average molecular weight is 394 g/mol. The molecule has 1 aliphatic heterocycles. The van der Waals surface area contributed by atoms with E-state index in [0.29, 0.717) is 0 Å². The van der Waals surface area contributed by atoms with Crippen LogP contribution in [0.15, 0.2) is 12.1 Å². The molecule has 1 amide bonds. The molecule has 9 heteroatoms. The zero-order valence-electron chi connectivity index (χ0n) is 16.8. The van der Waals surface area contributed by atoms with E-state index in [-0.39, 0.29) is 35.1 Å². The minimum atomic E-state index is -1.07. The molecule has 1 fully saturated rings. The van der Waals surface area contributed by atoms with Gasteiger partial charge in [0.25, 0.3) is 11.6 Å². The van der Waals surface area contributed by atoms with Crippen molar-refractivity contribution in [2.24, 2.45) is 0 Å². The molecule has 0 spiro atoms. The molecule has 28 heavy (non-hydrogen) atoms. The molecule has 3 atom stereocenters. The van der Waals surface area contributed by atoms with Gasteiger partial charge >= 0.3 is 5.97 Å². The number of methoxy groups -OCH3 is 2. The van der Waals surface area contributed by atoms with Gasteiger partial charge in [0.1, 0.15) is 5.56 Å². The van der Waals surface area contributed by atoms with Crippen molar-refractivity contribution in [3.8, 4) is 11.5 Å². The van der Waals surface area contributed by atoms with Crippen LogP contribution in [0.25, 0.3) is 0 Å². The van der Waals surface area contributed by atoms with Gasteiger partial charge in [0.05, 0.1) is 25.2 Å². The molecule has 0 aliphatic carbocycles. The maximum Gasteiger partial charge on any atom is 0.346 e. The van der Waals surface area contributed by atoms with Crippen molar-refractivity contribution >= 4 is 17.6 Å². The van der Waals surface area contributed by atoms with E-state index in [0.717, 1.165) is 25.3 Å². The number of piperidine rings is 1. The molecule has 1 saturated heterocycles. The zero-order chi connectivity index (χ0) is 21.0. The second-order valence-corrected chi connectivity index (χ2v) is 6.90. The standard InChI is InChI=1S/C19H26N2O7/c1-11-7-6-8-12(2)20(11)18(22)13(3)28-19(23)14-9-16(26-4)17(27-5)10-15(14)21(24)25/h9-13H,6-8H2,1-5H3/t11-,12+,13-/m1/s1. The van der Waals surface area contributed by atoms with Gasteiger partial charge in [-0.05, 0) is 40.0 Å².